The van der Waals surface area contributed by atoms with Crippen LogP contribution in [0.1, 0.15) is 48.7 Å². The molecule has 1 unspecified atom stereocenters. The first-order valence-electron chi connectivity index (χ1n) is 11.2. The lowest BCUT2D eigenvalue weighted by Crippen LogP contribution is -2.44. The molecular formula is C27H30N2O2. The van der Waals surface area contributed by atoms with Gasteiger partial charge in [-0.15, -0.1) is 0 Å². The van der Waals surface area contributed by atoms with Gasteiger partial charge in [-0.05, 0) is 41.2 Å². The van der Waals surface area contributed by atoms with Crippen LogP contribution in [0.2, 0.25) is 0 Å². The Balaban J connectivity index is 1.40. The zero-order valence-corrected chi connectivity index (χ0v) is 18.3. The SMILES string of the molecule is CC(C)C(NC(=O)C1CCN(C(=O)c2cccc3ccccc23)CC1)c1ccccc1. The van der Waals surface area contributed by atoms with E-state index in [1.807, 2.05) is 65.6 Å². The number of piperidine rings is 1. The molecule has 0 aliphatic carbocycles. The molecule has 1 N–H and O–H groups in total. The van der Waals surface area contributed by atoms with Gasteiger partial charge in [-0.1, -0.05) is 80.6 Å². The van der Waals surface area contributed by atoms with Gasteiger partial charge in [-0.2, -0.15) is 0 Å². The van der Waals surface area contributed by atoms with E-state index >= 15 is 0 Å². The fourth-order valence-electron chi connectivity index (χ4n) is 4.49. The predicted octanol–water partition coefficient (Wildman–Crippen LogP) is 5.21. The summed E-state index contributed by atoms with van der Waals surface area (Å²) in [4.78, 5) is 28.1. The van der Waals surface area contributed by atoms with Gasteiger partial charge in [0, 0.05) is 24.6 Å². The number of hydrogen-bond donors (Lipinski definition) is 1. The summed E-state index contributed by atoms with van der Waals surface area (Å²) in [5.41, 5.74) is 1.87. The Morgan fingerprint density at radius 2 is 1.52 bits per heavy atom. The van der Waals surface area contributed by atoms with Crippen LogP contribution in [-0.4, -0.2) is 29.8 Å². The van der Waals surface area contributed by atoms with Crippen molar-refractivity contribution < 1.29 is 9.59 Å². The summed E-state index contributed by atoms with van der Waals surface area (Å²) in [6, 6.07) is 24.0. The van der Waals surface area contributed by atoms with Crippen LogP contribution >= 0.6 is 0 Å². The van der Waals surface area contributed by atoms with E-state index in [1.165, 1.54) is 0 Å². The summed E-state index contributed by atoms with van der Waals surface area (Å²) in [5, 5.41) is 5.32. The molecule has 0 bridgehead atoms. The summed E-state index contributed by atoms with van der Waals surface area (Å²) in [5.74, 6) is 0.403. The summed E-state index contributed by atoms with van der Waals surface area (Å²) < 4.78 is 0. The molecule has 160 valence electrons. The molecule has 2 amide bonds. The van der Waals surface area contributed by atoms with Crippen LogP contribution in [0.5, 0.6) is 0 Å². The molecule has 4 heteroatoms. The first-order chi connectivity index (χ1) is 15.0. The van der Waals surface area contributed by atoms with Crippen molar-refractivity contribution in [3.05, 3.63) is 83.9 Å². The summed E-state index contributed by atoms with van der Waals surface area (Å²) in [6.45, 7) is 5.47. The van der Waals surface area contributed by atoms with Gasteiger partial charge in [0.15, 0.2) is 0 Å². The smallest absolute Gasteiger partial charge is 0.254 e. The average Bonchev–Trinajstić information content (AvgIpc) is 2.82. The van der Waals surface area contributed by atoms with E-state index in [2.05, 4.69) is 31.3 Å². The number of nitrogens with one attached hydrogen (secondary N) is 1. The first-order valence-corrected chi connectivity index (χ1v) is 11.2. The molecule has 1 aliphatic rings. The van der Waals surface area contributed by atoms with Gasteiger partial charge >= 0.3 is 0 Å². The molecule has 0 saturated carbocycles. The maximum atomic E-state index is 13.2. The predicted molar refractivity (Wildman–Crippen MR) is 125 cm³/mol. The molecule has 1 heterocycles. The number of nitrogens with zero attached hydrogens (tertiary/aromatic N) is 1. The van der Waals surface area contributed by atoms with E-state index in [4.69, 9.17) is 0 Å². The lowest BCUT2D eigenvalue weighted by Gasteiger charge is -2.33. The highest BCUT2D eigenvalue weighted by Crippen LogP contribution is 2.26. The van der Waals surface area contributed by atoms with E-state index < -0.39 is 0 Å². The number of rotatable bonds is 5. The lowest BCUT2D eigenvalue weighted by molar-refractivity contribution is -0.127. The number of benzene rings is 3. The molecule has 31 heavy (non-hydrogen) atoms. The Morgan fingerprint density at radius 3 is 2.23 bits per heavy atom. The van der Waals surface area contributed by atoms with Crippen LogP contribution in [0.15, 0.2) is 72.8 Å². The highest BCUT2D eigenvalue weighted by Gasteiger charge is 2.30. The minimum atomic E-state index is -0.0541. The third-order valence-corrected chi connectivity index (χ3v) is 6.30. The number of amides is 2. The monoisotopic (exact) mass is 414 g/mol. The van der Waals surface area contributed by atoms with Crippen LogP contribution in [0, 0.1) is 11.8 Å². The molecule has 4 rings (SSSR count). The quantitative estimate of drug-likeness (QED) is 0.623. The van der Waals surface area contributed by atoms with Gasteiger partial charge < -0.3 is 10.2 Å². The van der Waals surface area contributed by atoms with Gasteiger partial charge in [0.2, 0.25) is 5.91 Å². The number of carbonyl (C=O) groups is 2. The van der Waals surface area contributed by atoms with Crippen molar-refractivity contribution in [2.75, 3.05) is 13.1 Å². The van der Waals surface area contributed by atoms with Crippen molar-refractivity contribution in [2.24, 2.45) is 11.8 Å². The fraction of sp³-hybridized carbons (Fsp3) is 0.333. The van der Waals surface area contributed by atoms with Gasteiger partial charge in [0.25, 0.3) is 5.91 Å². The van der Waals surface area contributed by atoms with Crippen LogP contribution in [0.25, 0.3) is 10.8 Å². The minimum Gasteiger partial charge on any atom is -0.349 e. The molecule has 1 aliphatic heterocycles. The average molecular weight is 415 g/mol. The van der Waals surface area contributed by atoms with E-state index in [0.717, 1.165) is 21.9 Å². The molecule has 3 aromatic rings. The van der Waals surface area contributed by atoms with Crippen molar-refractivity contribution in [3.63, 3.8) is 0 Å². The van der Waals surface area contributed by atoms with Crippen LogP contribution < -0.4 is 5.32 Å². The standard InChI is InChI=1S/C27H30N2O2/c1-19(2)25(21-10-4-3-5-11-21)28-26(30)22-15-17-29(18-16-22)27(31)24-14-8-12-20-9-6-7-13-23(20)24/h3-14,19,22,25H,15-18H2,1-2H3,(H,28,30). The molecule has 0 aromatic heterocycles. The largest absolute Gasteiger partial charge is 0.349 e. The molecule has 1 fully saturated rings. The van der Waals surface area contributed by atoms with Crippen molar-refractivity contribution in [1.29, 1.82) is 0 Å². The zero-order valence-electron chi connectivity index (χ0n) is 18.3. The topological polar surface area (TPSA) is 49.4 Å². The lowest BCUT2D eigenvalue weighted by atomic mass is 9.92. The van der Waals surface area contributed by atoms with E-state index in [1.54, 1.807) is 0 Å². The summed E-state index contributed by atoms with van der Waals surface area (Å²) in [7, 11) is 0. The number of hydrogen-bond acceptors (Lipinski definition) is 2. The van der Waals surface area contributed by atoms with Gasteiger partial charge in [0.05, 0.1) is 6.04 Å². The van der Waals surface area contributed by atoms with E-state index in [-0.39, 0.29) is 23.8 Å². The van der Waals surface area contributed by atoms with Crippen LogP contribution in [-0.2, 0) is 4.79 Å². The fourth-order valence-corrected chi connectivity index (χ4v) is 4.49. The van der Waals surface area contributed by atoms with Crippen molar-refractivity contribution in [3.8, 4) is 0 Å². The maximum absolute atomic E-state index is 13.2. The van der Waals surface area contributed by atoms with Crippen LogP contribution in [0.4, 0.5) is 0 Å². The normalized spacial score (nSPS) is 15.8. The molecular weight excluding hydrogens is 384 g/mol. The Bertz CT molecular complexity index is 1050. The Hall–Kier alpha value is -3.14. The highest BCUT2D eigenvalue weighted by atomic mass is 16.2. The van der Waals surface area contributed by atoms with E-state index in [0.29, 0.717) is 31.8 Å². The number of likely N-dealkylation sites (tertiary alicyclic amines) is 1. The minimum absolute atomic E-state index is 0.00375. The zero-order chi connectivity index (χ0) is 21.8. The van der Waals surface area contributed by atoms with Crippen molar-refractivity contribution >= 4 is 22.6 Å². The third kappa shape index (κ3) is 4.63. The number of carbonyl (C=O) groups excluding carboxylic acids is 2. The highest BCUT2D eigenvalue weighted by molar-refractivity contribution is 6.07. The number of fused-ring (bicyclic) bond motifs is 1. The third-order valence-electron chi connectivity index (χ3n) is 6.30. The summed E-state index contributed by atoms with van der Waals surface area (Å²) >= 11 is 0. The van der Waals surface area contributed by atoms with Crippen molar-refractivity contribution in [2.45, 2.75) is 32.7 Å². The molecule has 3 aromatic carbocycles. The van der Waals surface area contributed by atoms with Gasteiger partial charge in [0.1, 0.15) is 0 Å². The Labute approximate surface area is 184 Å². The van der Waals surface area contributed by atoms with Gasteiger partial charge in [-0.3, -0.25) is 9.59 Å². The molecule has 0 radical (unpaired) electrons. The molecule has 1 atom stereocenters. The molecule has 1 saturated heterocycles. The second kappa shape index (κ2) is 9.34. The Morgan fingerprint density at radius 1 is 0.871 bits per heavy atom. The second-order valence-corrected chi connectivity index (χ2v) is 8.73. The van der Waals surface area contributed by atoms with Gasteiger partial charge in [-0.25, -0.2) is 0 Å². The first kappa shape index (κ1) is 21.1. The maximum Gasteiger partial charge on any atom is 0.254 e. The Kier molecular flexibility index (Phi) is 6.36. The molecule has 4 nitrogen and oxygen atoms in total. The molecule has 0 spiro atoms. The summed E-state index contributed by atoms with van der Waals surface area (Å²) in [6.07, 6.45) is 1.39. The van der Waals surface area contributed by atoms with E-state index in [9.17, 15) is 9.59 Å². The van der Waals surface area contributed by atoms with Crippen molar-refractivity contribution in [1.82, 2.24) is 10.2 Å². The second-order valence-electron chi connectivity index (χ2n) is 8.73. The van der Waals surface area contributed by atoms with Crippen LogP contribution in [0.3, 0.4) is 0 Å².